The van der Waals surface area contributed by atoms with Gasteiger partial charge in [0, 0.05) is 30.0 Å². The zero-order chi connectivity index (χ0) is 7.98. The van der Waals surface area contributed by atoms with Gasteiger partial charge >= 0.3 is 0 Å². The van der Waals surface area contributed by atoms with E-state index in [4.69, 9.17) is 0 Å². The molecular formula is C6H17N3Si. The molecule has 0 aromatic heterocycles. The van der Waals surface area contributed by atoms with Gasteiger partial charge in [0.25, 0.3) is 0 Å². The minimum Gasteiger partial charge on any atom is -0.375 e. The zero-order valence-electron chi connectivity index (χ0n) is 7.15. The summed E-state index contributed by atoms with van der Waals surface area (Å²) in [7, 11) is 6.92. The van der Waals surface area contributed by atoms with Crippen LogP contribution in [0.3, 0.4) is 0 Å². The molecule has 0 heterocycles. The molecule has 0 bridgehead atoms. The number of nitrogens with one attached hydrogen (secondary N) is 3. The van der Waals surface area contributed by atoms with Crippen molar-refractivity contribution in [3.05, 3.63) is 11.9 Å². The Bertz CT molecular complexity index is 108. The molecule has 4 heteroatoms. The van der Waals surface area contributed by atoms with E-state index in [0.717, 1.165) is 16.1 Å². The molecule has 0 aliphatic heterocycles. The van der Waals surface area contributed by atoms with E-state index in [1.807, 2.05) is 21.1 Å². The molecule has 0 rings (SSSR count). The smallest absolute Gasteiger partial charge is 0.0952 e. The lowest BCUT2D eigenvalue weighted by atomic mass is 10.5. The van der Waals surface area contributed by atoms with E-state index in [-0.39, 0.29) is 0 Å². The van der Waals surface area contributed by atoms with Crippen molar-refractivity contribution in [3.63, 3.8) is 0 Å². The molecule has 0 spiro atoms. The molecule has 0 saturated heterocycles. The van der Waals surface area contributed by atoms with E-state index in [0.29, 0.717) is 5.67 Å². The van der Waals surface area contributed by atoms with Gasteiger partial charge in [-0.25, -0.2) is 0 Å². The average Bonchev–Trinajstić information content (AvgIpc) is 1.99. The quantitative estimate of drug-likeness (QED) is 0.423. The summed E-state index contributed by atoms with van der Waals surface area (Å²) in [5.74, 6) is 1.08. The molecule has 0 aromatic carbocycles. The zero-order valence-corrected chi connectivity index (χ0v) is 9.15. The van der Waals surface area contributed by atoms with Gasteiger partial charge in [0.2, 0.25) is 0 Å². The fourth-order valence-corrected chi connectivity index (χ4v) is 0.958. The summed E-state index contributed by atoms with van der Waals surface area (Å²) < 4.78 is 0. The Labute approximate surface area is 65.7 Å². The summed E-state index contributed by atoms with van der Waals surface area (Å²) in [6.45, 7) is 0. The first-order valence-corrected chi connectivity index (χ1v) is 4.64. The van der Waals surface area contributed by atoms with E-state index >= 15 is 0 Å². The maximum absolute atomic E-state index is 3.17. The first-order chi connectivity index (χ1) is 4.74. The topological polar surface area (TPSA) is 36.1 Å². The van der Waals surface area contributed by atoms with E-state index in [2.05, 4.69) is 22.0 Å². The molecule has 3 N–H and O–H groups in total. The first-order valence-electron chi connectivity index (χ1n) is 3.49. The van der Waals surface area contributed by atoms with Crippen molar-refractivity contribution in [2.75, 3.05) is 21.1 Å². The molecule has 1 unspecified atom stereocenters. The van der Waals surface area contributed by atoms with Crippen LogP contribution in [-0.2, 0) is 0 Å². The van der Waals surface area contributed by atoms with Crippen LogP contribution < -0.4 is 16.0 Å². The molecule has 0 aliphatic rings. The summed E-state index contributed by atoms with van der Waals surface area (Å²) in [4.78, 5) is 0. The van der Waals surface area contributed by atoms with Gasteiger partial charge in [0.15, 0.2) is 0 Å². The summed E-state index contributed by atoms with van der Waals surface area (Å²) in [5, 5.41) is 9.27. The van der Waals surface area contributed by atoms with Gasteiger partial charge in [-0.2, -0.15) is 0 Å². The number of hydrogen-bond donors (Lipinski definition) is 3. The average molecular weight is 159 g/mol. The fourth-order valence-electron chi connectivity index (χ4n) is 0.625. The van der Waals surface area contributed by atoms with Crippen LogP contribution in [0.2, 0.25) is 0 Å². The largest absolute Gasteiger partial charge is 0.375 e. The van der Waals surface area contributed by atoms with Crippen molar-refractivity contribution < 1.29 is 0 Å². The predicted octanol–water partition coefficient (Wildman–Crippen LogP) is -1.82. The second-order valence-electron chi connectivity index (χ2n) is 2.16. The second-order valence-corrected chi connectivity index (χ2v) is 3.40. The summed E-state index contributed by atoms with van der Waals surface area (Å²) >= 11 is 0. The third kappa shape index (κ3) is 3.52. The molecule has 0 radical (unpaired) electrons. The first kappa shape index (κ1) is 9.52. The van der Waals surface area contributed by atoms with Gasteiger partial charge in [0.05, 0.1) is 5.82 Å². The summed E-state index contributed by atoms with van der Waals surface area (Å²) in [6.07, 6.45) is 2.15. The van der Waals surface area contributed by atoms with Gasteiger partial charge in [-0.1, -0.05) is 0 Å². The Kier molecular flexibility index (Phi) is 5.06. The molecular weight excluding hydrogens is 142 g/mol. The molecule has 0 saturated carbocycles. The minimum atomic E-state index is 0.537. The Balaban J connectivity index is 3.83. The normalized spacial score (nSPS) is 12.3. The van der Waals surface area contributed by atoms with Crippen LogP contribution in [0.25, 0.3) is 0 Å². The molecule has 0 fully saturated rings. The monoisotopic (exact) mass is 159 g/mol. The van der Waals surface area contributed by atoms with Crippen LogP contribution in [0.5, 0.6) is 0 Å². The lowest BCUT2D eigenvalue weighted by molar-refractivity contribution is 0.785. The molecule has 10 heavy (non-hydrogen) atoms. The highest BCUT2D eigenvalue weighted by Crippen LogP contribution is 1.82. The van der Waals surface area contributed by atoms with Crippen LogP contribution in [0.4, 0.5) is 0 Å². The molecule has 0 aliphatic carbocycles. The van der Waals surface area contributed by atoms with Gasteiger partial charge in [0.1, 0.15) is 0 Å². The number of likely N-dealkylation sites (N-methyl/N-ethyl adjacent to an activating group) is 1. The second kappa shape index (κ2) is 5.31. The third-order valence-electron chi connectivity index (χ3n) is 1.41. The lowest BCUT2D eigenvalue weighted by Crippen LogP contribution is -2.28. The highest BCUT2D eigenvalue weighted by Gasteiger charge is 1.93. The molecule has 60 valence electrons. The Morgan fingerprint density at radius 3 is 2.10 bits per heavy atom. The minimum absolute atomic E-state index is 0.537. The highest BCUT2D eigenvalue weighted by atomic mass is 28.1. The predicted molar refractivity (Wildman–Crippen MR) is 49.0 cm³/mol. The van der Waals surface area contributed by atoms with Gasteiger partial charge in [-0.15, -0.1) is 0 Å². The summed E-state index contributed by atoms with van der Waals surface area (Å²) in [6, 6.07) is 0. The maximum atomic E-state index is 3.17. The van der Waals surface area contributed by atoms with Crippen LogP contribution in [0, 0.1) is 0 Å². The van der Waals surface area contributed by atoms with E-state index in [1.54, 1.807) is 0 Å². The third-order valence-corrected chi connectivity index (χ3v) is 2.32. The SMILES string of the molecule is CNC(=CC([SiH3])NC)NC. The molecule has 0 amide bonds. The van der Waals surface area contributed by atoms with Gasteiger partial charge in [-0.3, -0.25) is 0 Å². The lowest BCUT2D eigenvalue weighted by Gasteiger charge is -2.09. The number of hydrogen-bond acceptors (Lipinski definition) is 3. The number of rotatable bonds is 4. The van der Waals surface area contributed by atoms with Crippen LogP contribution in [-0.4, -0.2) is 37.1 Å². The van der Waals surface area contributed by atoms with E-state index in [1.165, 1.54) is 0 Å². The van der Waals surface area contributed by atoms with E-state index in [9.17, 15) is 0 Å². The Hall–Kier alpha value is -0.483. The van der Waals surface area contributed by atoms with Crippen LogP contribution in [0.1, 0.15) is 0 Å². The van der Waals surface area contributed by atoms with Gasteiger partial charge < -0.3 is 16.0 Å². The van der Waals surface area contributed by atoms with Crippen LogP contribution in [0.15, 0.2) is 11.9 Å². The fraction of sp³-hybridized carbons (Fsp3) is 0.667. The van der Waals surface area contributed by atoms with Crippen molar-refractivity contribution in [2.24, 2.45) is 0 Å². The Morgan fingerprint density at radius 2 is 1.80 bits per heavy atom. The van der Waals surface area contributed by atoms with Crippen LogP contribution >= 0.6 is 0 Å². The molecule has 3 nitrogen and oxygen atoms in total. The molecule has 1 atom stereocenters. The highest BCUT2D eigenvalue weighted by molar-refractivity contribution is 6.13. The van der Waals surface area contributed by atoms with Crippen molar-refractivity contribution in [3.8, 4) is 0 Å². The van der Waals surface area contributed by atoms with Crippen molar-refractivity contribution >= 4 is 10.2 Å². The van der Waals surface area contributed by atoms with Crippen molar-refractivity contribution in [2.45, 2.75) is 5.67 Å². The van der Waals surface area contributed by atoms with E-state index < -0.39 is 0 Å². The van der Waals surface area contributed by atoms with Crippen molar-refractivity contribution in [1.82, 2.24) is 16.0 Å². The Morgan fingerprint density at radius 1 is 1.30 bits per heavy atom. The maximum Gasteiger partial charge on any atom is 0.0952 e. The standard InChI is InChI=1S/C6H17N3Si/c1-7-5(8-2)4-6(10)9-3/h4,6-9H,1-3,10H3. The van der Waals surface area contributed by atoms with Crippen molar-refractivity contribution in [1.29, 1.82) is 0 Å². The summed E-state index contributed by atoms with van der Waals surface area (Å²) in [5.41, 5.74) is 0.537. The molecule has 0 aromatic rings. The van der Waals surface area contributed by atoms with Gasteiger partial charge in [-0.05, 0) is 13.1 Å².